The second-order valence-electron chi connectivity index (χ2n) is 5.46. The number of carbonyl (C=O) groups excluding carboxylic acids is 2. The summed E-state index contributed by atoms with van der Waals surface area (Å²) in [5.41, 5.74) is 0.976. The van der Waals surface area contributed by atoms with E-state index in [2.05, 4.69) is 10.3 Å². The summed E-state index contributed by atoms with van der Waals surface area (Å²) in [6.45, 7) is 0.918. The number of hydrogen-bond acceptors (Lipinski definition) is 7. The highest BCUT2D eigenvalue weighted by Crippen LogP contribution is 2.23. The fraction of sp³-hybridized carbons (Fsp3) is 0.235. The summed E-state index contributed by atoms with van der Waals surface area (Å²) in [5.74, 6) is 7.10. The van der Waals surface area contributed by atoms with Crippen molar-refractivity contribution < 1.29 is 14.3 Å². The quantitative estimate of drug-likeness (QED) is 0.575. The Labute approximate surface area is 149 Å². The maximum absolute atomic E-state index is 11.6. The molecule has 0 bridgehead atoms. The predicted octanol–water partition coefficient (Wildman–Crippen LogP) is 1.73. The van der Waals surface area contributed by atoms with Crippen LogP contribution in [0, 0.1) is 0 Å². The molecule has 7 nitrogen and oxygen atoms in total. The van der Waals surface area contributed by atoms with E-state index in [0.29, 0.717) is 25.4 Å². The average molecular weight is 358 g/mol. The summed E-state index contributed by atoms with van der Waals surface area (Å²) in [6, 6.07) is 13.0. The van der Waals surface area contributed by atoms with E-state index in [1.807, 2.05) is 42.5 Å². The molecule has 2 aromatic rings. The second-order valence-corrected chi connectivity index (χ2v) is 6.64. The van der Waals surface area contributed by atoms with E-state index < -0.39 is 0 Å². The first kappa shape index (κ1) is 17.2. The molecule has 2 heterocycles. The van der Waals surface area contributed by atoms with Crippen molar-refractivity contribution >= 4 is 28.7 Å². The number of pyridine rings is 1. The zero-order chi connectivity index (χ0) is 17.6. The zero-order valence-corrected chi connectivity index (χ0v) is 14.2. The van der Waals surface area contributed by atoms with Gasteiger partial charge in [0.25, 0.3) is 5.24 Å². The van der Waals surface area contributed by atoms with Gasteiger partial charge in [0.15, 0.2) is 0 Å². The number of nitrogens with one attached hydrogen (secondary N) is 1. The summed E-state index contributed by atoms with van der Waals surface area (Å²) in [5, 5.41) is 3.18. The largest absolute Gasteiger partial charge is 0.492 e. The zero-order valence-electron chi connectivity index (χ0n) is 13.4. The molecule has 1 atom stereocenters. The van der Waals surface area contributed by atoms with Gasteiger partial charge in [-0.15, -0.1) is 0 Å². The SMILES string of the molecule is NN(CCOc1ccc(CC2SC(=O)NC2=O)cc1)c1ccccn1. The molecule has 0 saturated carbocycles. The van der Waals surface area contributed by atoms with Crippen LogP contribution in [-0.4, -0.2) is 34.5 Å². The van der Waals surface area contributed by atoms with Crippen molar-refractivity contribution in [3.05, 3.63) is 54.2 Å². The summed E-state index contributed by atoms with van der Waals surface area (Å²) < 4.78 is 5.67. The Morgan fingerprint density at radius 1 is 1.20 bits per heavy atom. The van der Waals surface area contributed by atoms with Gasteiger partial charge >= 0.3 is 0 Å². The molecule has 0 spiro atoms. The monoisotopic (exact) mass is 358 g/mol. The van der Waals surface area contributed by atoms with E-state index in [4.69, 9.17) is 10.6 Å². The number of imide groups is 1. The highest BCUT2D eigenvalue weighted by molar-refractivity contribution is 8.15. The highest BCUT2D eigenvalue weighted by atomic mass is 32.2. The van der Waals surface area contributed by atoms with Crippen LogP contribution in [-0.2, 0) is 11.2 Å². The van der Waals surface area contributed by atoms with Crippen molar-refractivity contribution in [2.45, 2.75) is 11.7 Å². The van der Waals surface area contributed by atoms with Crippen LogP contribution >= 0.6 is 11.8 Å². The van der Waals surface area contributed by atoms with Crippen LogP contribution in [0.2, 0.25) is 0 Å². The Kier molecular flexibility index (Phi) is 5.52. The van der Waals surface area contributed by atoms with Gasteiger partial charge < -0.3 is 4.74 Å². The van der Waals surface area contributed by atoms with E-state index in [0.717, 1.165) is 23.1 Å². The lowest BCUT2D eigenvalue weighted by molar-refractivity contribution is -0.118. The Hall–Kier alpha value is -2.58. The average Bonchev–Trinajstić information content (AvgIpc) is 2.94. The van der Waals surface area contributed by atoms with Gasteiger partial charge in [0.2, 0.25) is 5.91 Å². The summed E-state index contributed by atoms with van der Waals surface area (Å²) >= 11 is 1.03. The standard InChI is InChI=1S/C17H18N4O3S/c18-21(15-3-1-2-8-19-15)9-10-24-13-6-4-12(5-7-13)11-14-16(22)20-17(23)25-14/h1-8,14H,9-11,18H2,(H,20,22,23). The molecule has 1 fully saturated rings. The lowest BCUT2D eigenvalue weighted by atomic mass is 10.1. The van der Waals surface area contributed by atoms with E-state index >= 15 is 0 Å². The molecule has 8 heteroatoms. The molecule has 1 aliphatic rings. The summed E-state index contributed by atoms with van der Waals surface area (Å²) in [4.78, 5) is 26.9. The number of anilines is 1. The number of ether oxygens (including phenoxy) is 1. The molecule has 0 aliphatic carbocycles. The van der Waals surface area contributed by atoms with Crippen LogP contribution in [0.4, 0.5) is 10.6 Å². The van der Waals surface area contributed by atoms with Gasteiger partial charge in [-0.25, -0.2) is 10.8 Å². The van der Waals surface area contributed by atoms with Gasteiger partial charge in [-0.05, 0) is 36.2 Å². The molecule has 0 radical (unpaired) electrons. The first-order valence-corrected chi connectivity index (χ1v) is 8.66. The molecule has 1 aromatic heterocycles. The number of carbonyl (C=O) groups is 2. The Morgan fingerprint density at radius 2 is 2.00 bits per heavy atom. The Morgan fingerprint density at radius 3 is 2.64 bits per heavy atom. The molecule has 1 unspecified atom stereocenters. The van der Waals surface area contributed by atoms with E-state index in [-0.39, 0.29) is 16.4 Å². The van der Waals surface area contributed by atoms with E-state index in [1.54, 1.807) is 6.20 Å². The van der Waals surface area contributed by atoms with Crippen LogP contribution in [0.3, 0.4) is 0 Å². The number of nitrogens with zero attached hydrogens (tertiary/aromatic N) is 2. The van der Waals surface area contributed by atoms with Gasteiger partial charge in [0.1, 0.15) is 18.2 Å². The van der Waals surface area contributed by atoms with Gasteiger partial charge in [-0.1, -0.05) is 30.0 Å². The Bertz CT molecular complexity index is 739. The first-order chi connectivity index (χ1) is 12.1. The van der Waals surface area contributed by atoms with E-state index in [9.17, 15) is 9.59 Å². The maximum Gasteiger partial charge on any atom is 0.286 e. The smallest absolute Gasteiger partial charge is 0.286 e. The van der Waals surface area contributed by atoms with Gasteiger partial charge in [-0.2, -0.15) is 0 Å². The summed E-state index contributed by atoms with van der Waals surface area (Å²) in [7, 11) is 0. The van der Waals surface area contributed by atoms with Gasteiger partial charge in [0.05, 0.1) is 11.8 Å². The third kappa shape index (κ3) is 4.71. The molecule has 1 aliphatic heterocycles. The molecule has 1 aromatic carbocycles. The molecular formula is C17H18N4O3S. The number of thioether (sulfide) groups is 1. The molecule has 2 amide bonds. The molecule has 3 N–H and O–H groups in total. The third-order valence-corrected chi connectivity index (χ3v) is 4.64. The Balaban J connectivity index is 1.46. The number of hydrogen-bond donors (Lipinski definition) is 2. The maximum atomic E-state index is 11.6. The number of nitrogens with two attached hydrogens (primary N) is 1. The topological polar surface area (TPSA) is 97.5 Å². The van der Waals surface area contributed by atoms with Crippen LogP contribution in [0.5, 0.6) is 5.75 Å². The van der Waals surface area contributed by atoms with Crippen molar-refractivity contribution in [2.24, 2.45) is 5.84 Å². The molecular weight excluding hydrogens is 340 g/mol. The lowest BCUT2D eigenvalue weighted by Gasteiger charge is -2.17. The highest BCUT2D eigenvalue weighted by Gasteiger charge is 2.31. The number of amides is 2. The fourth-order valence-corrected chi connectivity index (χ4v) is 3.22. The number of benzene rings is 1. The van der Waals surface area contributed by atoms with Crippen molar-refractivity contribution in [3.63, 3.8) is 0 Å². The minimum Gasteiger partial charge on any atom is -0.492 e. The molecule has 25 heavy (non-hydrogen) atoms. The molecule has 3 rings (SSSR count). The number of hydrazine groups is 1. The van der Waals surface area contributed by atoms with Crippen LogP contribution in [0.1, 0.15) is 5.56 Å². The van der Waals surface area contributed by atoms with Gasteiger partial charge in [-0.3, -0.25) is 19.9 Å². The summed E-state index contributed by atoms with van der Waals surface area (Å²) in [6.07, 6.45) is 2.20. The number of aromatic nitrogens is 1. The van der Waals surface area contributed by atoms with E-state index in [1.165, 1.54) is 5.01 Å². The van der Waals surface area contributed by atoms with Crippen molar-refractivity contribution in [2.75, 3.05) is 18.2 Å². The second kappa shape index (κ2) is 8.00. The predicted molar refractivity (Wildman–Crippen MR) is 96.3 cm³/mol. The van der Waals surface area contributed by atoms with Crippen LogP contribution in [0.25, 0.3) is 0 Å². The molecule has 130 valence electrons. The number of rotatable bonds is 7. The van der Waals surface area contributed by atoms with Crippen molar-refractivity contribution in [1.82, 2.24) is 10.3 Å². The normalized spacial score (nSPS) is 16.6. The van der Waals surface area contributed by atoms with Crippen LogP contribution in [0.15, 0.2) is 48.7 Å². The van der Waals surface area contributed by atoms with Crippen LogP contribution < -0.4 is 20.9 Å². The minimum absolute atomic E-state index is 0.229. The minimum atomic E-state index is -0.358. The fourth-order valence-electron chi connectivity index (χ4n) is 2.36. The lowest BCUT2D eigenvalue weighted by Crippen LogP contribution is -2.35. The third-order valence-electron chi connectivity index (χ3n) is 3.66. The van der Waals surface area contributed by atoms with Crippen molar-refractivity contribution in [1.29, 1.82) is 0 Å². The van der Waals surface area contributed by atoms with Crippen molar-refractivity contribution in [3.8, 4) is 5.75 Å². The first-order valence-electron chi connectivity index (χ1n) is 7.78. The van der Waals surface area contributed by atoms with Gasteiger partial charge in [0, 0.05) is 6.20 Å². The molecule has 1 saturated heterocycles.